The average molecular weight is 286 g/mol. The van der Waals surface area contributed by atoms with E-state index in [1.54, 1.807) is 18.2 Å². The fourth-order valence-electron chi connectivity index (χ4n) is 2.53. The van der Waals surface area contributed by atoms with Gasteiger partial charge in [0.15, 0.2) is 0 Å². The fourth-order valence-corrected chi connectivity index (χ4v) is 2.72. The Bertz CT molecular complexity index is 407. The maximum atomic E-state index is 13.7. The van der Waals surface area contributed by atoms with Crippen LogP contribution >= 0.6 is 11.6 Å². The van der Waals surface area contributed by atoms with E-state index in [9.17, 15) is 4.39 Å². The summed E-state index contributed by atoms with van der Waals surface area (Å²) >= 11 is 5.76. The second-order valence-corrected chi connectivity index (χ2v) is 5.65. The second kappa shape index (κ2) is 7.22. The Hall–Kier alpha value is -0.640. The maximum Gasteiger partial charge on any atom is 0.145 e. The normalized spacial score (nSPS) is 21.3. The van der Waals surface area contributed by atoms with Crippen LogP contribution < -0.4 is 5.73 Å². The van der Waals surface area contributed by atoms with Crippen LogP contribution in [0.5, 0.6) is 0 Å². The number of hydrogen-bond donors (Lipinski definition) is 1. The number of hydrogen-bond acceptors (Lipinski definition) is 2. The van der Waals surface area contributed by atoms with Crippen molar-refractivity contribution in [1.82, 2.24) is 0 Å². The summed E-state index contributed by atoms with van der Waals surface area (Å²) in [4.78, 5) is 0. The molecule has 106 valence electrons. The molecule has 0 bridgehead atoms. The molecule has 0 spiro atoms. The molecule has 1 aromatic carbocycles. The summed E-state index contributed by atoms with van der Waals surface area (Å²) in [5.41, 5.74) is 6.68. The van der Waals surface area contributed by atoms with E-state index in [1.165, 1.54) is 6.42 Å². The van der Waals surface area contributed by atoms with Crippen LogP contribution in [0.1, 0.15) is 37.7 Å². The molecule has 1 heterocycles. The van der Waals surface area contributed by atoms with Gasteiger partial charge in [-0.25, -0.2) is 4.39 Å². The van der Waals surface area contributed by atoms with E-state index in [1.807, 2.05) is 0 Å². The molecular weight excluding hydrogens is 265 g/mol. The Morgan fingerprint density at radius 1 is 1.42 bits per heavy atom. The van der Waals surface area contributed by atoms with Gasteiger partial charge in [-0.1, -0.05) is 23.7 Å². The topological polar surface area (TPSA) is 35.2 Å². The standard InChI is InChI=1S/C15H21ClFNO/c16-14-6-3-4-11(15(14)17)10-12(18)7-8-13-5-1-2-9-19-13/h3-4,6,12-13H,1-2,5,7-10,18H2. The molecule has 19 heavy (non-hydrogen) atoms. The lowest BCUT2D eigenvalue weighted by Gasteiger charge is -2.23. The van der Waals surface area contributed by atoms with Gasteiger partial charge in [-0.2, -0.15) is 0 Å². The Morgan fingerprint density at radius 3 is 3.00 bits per heavy atom. The summed E-state index contributed by atoms with van der Waals surface area (Å²) < 4.78 is 19.4. The van der Waals surface area contributed by atoms with Crippen molar-refractivity contribution >= 4 is 11.6 Å². The molecule has 0 saturated carbocycles. The predicted molar refractivity (Wildman–Crippen MR) is 75.9 cm³/mol. The van der Waals surface area contributed by atoms with Crippen LogP contribution in [0, 0.1) is 5.82 Å². The van der Waals surface area contributed by atoms with Crippen molar-refractivity contribution in [3.05, 3.63) is 34.6 Å². The van der Waals surface area contributed by atoms with Crippen molar-refractivity contribution in [3.63, 3.8) is 0 Å². The molecule has 2 rings (SSSR count). The molecule has 2 nitrogen and oxygen atoms in total. The van der Waals surface area contributed by atoms with Crippen LogP contribution in [-0.2, 0) is 11.2 Å². The lowest BCUT2D eigenvalue weighted by atomic mass is 9.98. The molecule has 2 unspecified atom stereocenters. The first kappa shape index (κ1) is 14.8. The number of nitrogens with two attached hydrogens (primary N) is 1. The van der Waals surface area contributed by atoms with Gasteiger partial charge in [0.25, 0.3) is 0 Å². The van der Waals surface area contributed by atoms with Crippen LogP contribution in [0.25, 0.3) is 0 Å². The van der Waals surface area contributed by atoms with Gasteiger partial charge in [0.1, 0.15) is 5.82 Å². The lowest BCUT2D eigenvalue weighted by molar-refractivity contribution is 0.00915. The number of halogens is 2. The SMILES string of the molecule is NC(CCC1CCCCO1)Cc1cccc(Cl)c1F. The molecule has 0 aromatic heterocycles. The highest BCUT2D eigenvalue weighted by Crippen LogP contribution is 2.21. The zero-order valence-electron chi connectivity index (χ0n) is 11.1. The van der Waals surface area contributed by atoms with Gasteiger partial charge in [0.2, 0.25) is 0 Å². The zero-order chi connectivity index (χ0) is 13.7. The molecule has 1 saturated heterocycles. The molecule has 0 amide bonds. The van der Waals surface area contributed by atoms with Crippen LogP contribution in [0.4, 0.5) is 4.39 Å². The highest BCUT2D eigenvalue weighted by molar-refractivity contribution is 6.30. The van der Waals surface area contributed by atoms with Crippen molar-refractivity contribution in [2.24, 2.45) is 5.73 Å². The minimum absolute atomic E-state index is 0.0431. The Labute approximate surface area is 119 Å². The molecule has 1 aliphatic rings. The number of rotatable bonds is 5. The van der Waals surface area contributed by atoms with Gasteiger partial charge in [0.05, 0.1) is 11.1 Å². The van der Waals surface area contributed by atoms with E-state index >= 15 is 0 Å². The van der Waals surface area contributed by atoms with Gasteiger partial charge in [-0.3, -0.25) is 0 Å². The number of benzene rings is 1. The molecule has 2 atom stereocenters. The molecular formula is C15H21ClFNO. The van der Waals surface area contributed by atoms with Gasteiger partial charge in [-0.15, -0.1) is 0 Å². The third kappa shape index (κ3) is 4.44. The van der Waals surface area contributed by atoms with Gasteiger partial charge in [0, 0.05) is 12.6 Å². The van der Waals surface area contributed by atoms with Crippen molar-refractivity contribution in [2.75, 3.05) is 6.61 Å². The second-order valence-electron chi connectivity index (χ2n) is 5.24. The average Bonchev–Trinajstić information content (AvgIpc) is 2.43. The quantitative estimate of drug-likeness (QED) is 0.895. The fraction of sp³-hybridized carbons (Fsp3) is 0.600. The first-order valence-corrected chi connectivity index (χ1v) is 7.34. The molecule has 4 heteroatoms. The van der Waals surface area contributed by atoms with E-state index in [4.69, 9.17) is 22.1 Å². The van der Waals surface area contributed by atoms with E-state index in [0.29, 0.717) is 18.1 Å². The largest absolute Gasteiger partial charge is 0.378 e. The Balaban J connectivity index is 1.80. The van der Waals surface area contributed by atoms with Crippen LogP contribution in [0.2, 0.25) is 5.02 Å². The number of ether oxygens (including phenoxy) is 1. The summed E-state index contributed by atoms with van der Waals surface area (Å²) in [6.45, 7) is 0.864. The highest BCUT2D eigenvalue weighted by Gasteiger charge is 2.16. The lowest BCUT2D eigenvalue weighted by Crippen LogP contribution is -2.27. The molecule has 2 N–H and O–H groups in total. The van der Waals surface area contributed by atoms with Gasteiger partial charge >= 0.3 is 0 Å². The summed E-state index contributed by atoms with van der Waals surface area (Å²) in [5.74, 6) is -0.339. The summed E-state index contributed by atoms with van der Waals surface area (Å²) in [6.07, 6.45) is 6.21. The summed E-state index contributed by atoms with van der Waals surface area (Å²) in [7, 11) is 0. The maximum absolute atomic E-state index is 13.7. The molecule has 0 radical (unpaired) electrons. The van der Waals surface area contributed by atoms with E-state index in [2.05, 4.69) is 0 Å². The van der Waals surface area contributed by atoms with Crippen molar-refractivity contribution < 1.29 is 9.13 Å². The molecule has 1 aromatic rings. The molecule has 1 fully saturated rings. The monoisotopic (exact) mass is 285 g/mol. The first-order chi connectivity index (χ1) is 9.16. The molecule has 0 aliphatic carbocycles. The summed E-state index contributed by atoms with van der Waals surface area (Å²) in [5, 5.41) is 0.167. The predicted octanol–water partition coefficient (Wildman–Crippen LogP) is 3.70. The zero-order valence-corrected chi connectivity index (χ0v) is 11.8. The Kier molecular flexibility index (Phi) is 5.61. The highest BCUT2D eigenvalue weighted by atomic mass is 35.5. The first-order valence-electron chi connectivity index (χ1n) is 6.97. The smallest absolute Gasteiger partial charge is 0.145 e. The minimum Gasteiger partial charge on any atom is -0.378 e. The third-order valence-corrected chi connectivity index (χ3v) is 3.94. The van der Waals surface area contributed by atoms with Crippen molar-refractivity contribution in [3.8, 4) is 0 Å². The minimum atomic E-state index is -0.339. The van der Waals surface area contributed by atoms with Crippen molar-refractivity contribution in [1.29, 1.82) is 0 Å². The third-order valence-electron chi connectivity index (χ3n) is 3.65. The van der Waals surface area contributed by atoms with E-state index in [-0.39, 0.29) is 16.9 Å². The van der Waals surface area contributed by atoms with Crippen LogP contribution in [-0.4, -0.2) is 18.8 Å². The van der Waals surface area contributed by atoms with Gasteiger partial charge in [-0.05, 0) is 50.2 Å². The Morgan fingerprint density at radius 2 is 2.26 bits per heavy atom. The summed E-state index contributed by atoms with van der Waals surface area (Å²) in [6, 6.07) is 5.02. The molecule has 1 aliphatic heterocycles. The van der Waals surface area contributed by atoms with E-state index < -0.39 is 0 Å². The van der Waals surface area contributed by atoms with E-state index in [0.717, 1.165) is 32.3 Å². The van der Waals surface area contributed by atoms with Gasteiger partial charge < -0.3 is 10.5 Å². The van der Waals surface area contributed by atoms with Crippen molar-refractivity contribution in [2.45, 2.75) is 50.7 Å². The van der Waals surface area contributed by atoms with Crippen LogP contribution in [0.15, 0.2) is 18.2 Å². The van der Waals surface area contributed by atoms with Crippen LogP contribution in [0.3, 0.4) is 0 Å².